The number of hydrogen-bond acceptors (Lipinski definition) is 4. The van der Waals surface area contributed by atoms with E-state index in [1.54, 1.807) is 18.4 Å². The summed E-state index contributed by atoms with van der Waals surface area (Å²) in [5.41, 5.74) is 7.65. The van der Waals surface area contributed by atoms with Gasteiger partial charge < -0.3 is 15.8 Å². The summed E-state index contributed by atoms with van der Waals surface area (Å²) in [6, 6.07) is 10.2. The average Bonchev–Trinajstić information content (AvgIpc) is 2.91. The van der Waals surface area contributed by atoms with E-state index < -0.39 is 0 Å². The highest BCUT2D eigenvalue weighted by molar-refractivity contribution is 7.10. The maximum atomic E-state index is 5.99. The lowest BCUT2D eigenvalue weighted by Crippen LogP contribution is -2.09. The molecule has 0 amide bonds. The fourth-order valence-corrected chi connectivity index (χ4v) is 2.70. The van der Waals surface area contributed by atoms with E-state index in [0.717, 1.165) is 23.5 Å². The quantitative estimate of drug-likeness (QED) is 0.803. The van der Waals surface area contributed by atoms with E-state index in [2.05, 4.69) is 29.8 Å². The molecule has 0 bridgehead atoms. The van der Waals surface area contributed by atoms with Crippen molar-refractivity contribution in [1.29, 1.82) is 0 Å². The smallest absolute Gasteiger partial charge is 0.121 e. The van der Waals surface area contributed by atoms with Crippen LogP contribution in [0, 0.1) is 0 Å². The molecule has 3 nitrogen and oxygen atoms in total. The van der Waals surface area contributed by atoms with Crippen LogP contribution >= 0.6 is 11.3 Å². The minimum Gasteiger partial charge on any atom is -0.497 e. The van der Waals surface area contributed by atoms with E-state index in [0.29, 0.717) is 6.04 Å². The SMILES string of the molecule is CCC(Nc1cc(OC)ccc1N)c1cccs1. The summed E-state index contributed by atoms with van der Waals surface area (Å²) >= 11 is 1.76. The number of benzene rings is 1. The Balaban J connectivity index is 2.21. The van der Waals surface area contributed by atoms with Crippen molar-refractivity contribution in [2.75, 3.05) is 18.2 Å². The molecule has 0 aliphatic rings. The van der Waals surface area contributed by atoms with E-state index in [-0.39, 0.29) is 0 Å². The Morgan fingerprint density at radius 3 is 2.83 bits per heavy atom. The molecule has 1 aromatic heterocycles. The van der Waals surface area contributed by atoms with Crippen LogP contribution in [0.3, 0.4) is 0 Å². The number of thiophene rings is 1. The van der Waals surface area contributed by atoms with Crippen LogP contribution in [0.15, 0.2) is 35.7 Å². The van der Waals surface area contributed by atoms with Gasteiger partial charge in [0.1, 0.15) is 5.75 Å². The number of methoxy groups -OCH3 is 1. The number of ether oxygens (including phenoxy) is 1. The van der Waals surface area contributed by atoms with Crippen molar-refractivity contribution in [2.24, 2.45) is 0 Å². The summed E-state index contributed by atoms with van der Waals surface area (Å²) < 4.78 is 5.22. The van der Waals surface area contributed by atoms with Gasteiger partial charge in [-0.05, 0) is 30.0 Å². The molecular formula is C14H18N2OS. The molecule has 4 heteroatoms. The van der Waals surface area contributed by atoms with Crippen LogP contribution in [0.1, 0.15) is 24.3 Å². The lowest BCUT2D eigenvalue weighted by Gasteiger charge is -2.18. The molecule has 0 spiro atoms. The van der Waals surface area contributed by atoms with Crippen molar-refractivity contribution in [3.05, 3.63) is 40.6 Å². The van der Waals surface area contributed by atoms with Crippen molar-refractivity contribution in [1.82, 2.24) is 0 Å². The van der Waals surface area contributed by atoms with Gasteiger partial charge in [0.25, 0.3) is 0 Å². The molecule has 0 saturated carbocycles. The molecule has 96 valence electrons. The summed E-state index contributed by atoms with van der Waals surface area (Å²) in [5.74, 6) is 0.813. The standard InChI is InChI=1S/C14H18N2OS/c1-3-12(14-5-4-8-18-14)16-13-9-10(17-2)6-7-11(13)15/h4-9,12,16H,3,15H2,1-2H3. The highest BCUT2D eigenvalue weighted by Gasteiger charge is 2.12. The first-order valence-corrected chi connectivity index (χ1v) is 6.86. The van der Waals surface area contributed by atoms with Crippen molar-refractivity contribution in [2.45, 2.75) is 19.4 Å². The predicted molar refractivity (Wildman–Crippen MR) is 78.4 cm³/mol. The Bertz CT molecular complexity index is 497. The predicted octanol–water partition coefficient (Wildman–Crippen LogP) is 3.90. The van der Waals surface area contributed by atoms with Gasteiger partial charge in [-0.25, -0.2) is 0 Å². The largest absolute Gasteiger partial charge is 0.497 e. The van der Waals surface area contributed by atoms with Crippen molar-refractivity contribution in [3.63, 3.8) is 0 Å². The number of hydrogen-bond donors (Lipinski definition) is 2. The third-order valence-electron chi connectivity index (χ3n) is 2.89. The molecule has 0 radical (unpaired) electrons. The molecule has 0 aliphatic heterocycles. The average molecular weight is 262 g/mol. The van der Waals surface area contributed by atoms with Gasteiger partial charge in [0, 0.05) is 10.9 Å². The van der Waals surface area contributed by atoms with Crippen LogP contribution in [-0.2, 0) is 0 Å². The third-order valence-corrected chi connectivity index (χ3v) is 3.87. The van der Waals surface area contributed by atoms with Gasteiger partial charge in [0.15, 0.2) is 0 Å². The Hall–Kier alpha value is -1.68. The van der Waals surface area contributed by atoms with Crippen LogP contribution in [-0.4, -0.2) is 7.11 Å². The van der Waals surface area contributed by atoms with Gasteiger partial charge in [-0.2, -0.15) is 0 Å². The third kappa shape index (κ3) is 2.76. The molecule has 1 atom stereocenters. The number of nitrogens with two attached hydrogens (primary N) is 1. The van der Waals surface area contributed by atoms with Crippen LogP contribution in [0.25, 0.3) is 0 Å². The molecule has 0 aliphatic carbocycles. The Morgan fingerprint density at radius 2 is 2.22 bits per heavy atom. The molecule has 1 aromatic carbocycles. The Kier molecular flexibility index (Phi) is 4.10. The molecule has 18 heavy (non-hydrogen) atoms. The highest BCUT2D eigenvalue weighted by atomic mass is 32.1. The summed E-state index contributed by atoms with van der Waals surface area (Å²) in [5, 5.41) is 5.57. The maximum absolute atomic E-state index is 5.99. The number of nitrogen functional groups attached to an aromatic ring is 1. The van der Waals surface area contributed by atoms with Crippen LogP contribution in [0.5, 0.6) is 5.75 Å². The maximum Gasteiger partial charge on any atom is 0.121 e. The zero-order chi connectivity index (χ0) is 13.0. The molecular weight excluding hydrogens is 244 g/mol. The van der Waals surface area contributed by atoms with Gasteiger partial charge in [-0.15, -0.1) is 11.3 Å². The van der Waals surface area contributed by atoms with Gasteiger partial charge in [-0.1, -0.05) is 13.0 Å². The first kappa shape index (κ1) is 12.8. The highest BCUT2D eigenvalue weighted by Crippen LogP contribution is 2.31. The first-order valence-electron chi connectivity index (χ1n) is 5.98. The summed E-state index contributed by atoms with van der Waals surface area (Å²) in [6.45, 7) is 2.16. The Morgan fingerprint density at radius 1 is 1.39 bits per heavy atom. The second-order valence-corrected chi connectivity index (χ2v) is 5.05. The van der Waals surface area contributed by atoms with E-state index in [4.69, 9.17) is 10.5 Å². The molecule has 1 unspecified atom stereocenters. The minimum absolute atomic E-state index is 0.291. The van der Waals surface area contributed by atoms with Crippen LogP contribution in [0.4, 0.5) is 11.4 Å². The zero-order valence-electron chi connectivity index (χ0n) is 10.6. The molecule has 0 fully saturated rings. The summed E-state index contributed by atoms with van der Waals surface area (Å²) in [6.07, 6.45) is 1.01. The van der Waals surface area contributed by atoms with Crippen molar-refractivity contribution >= 4 is 22.7 Å². The molecule has 2 rings (SSSR count). The van der Waals surface area contributed by atoms with Crippen molar-refractivity contribution in [3.8, 4) is 5.75 Å². The fourth-order valence-electron chi connectivity index (χ4n) is 1.84. The summed E-state index contributed by atoms with van der Waals surface area (Å²) in [7, 11) is 1.66. The second-order valence-electron chi connectivity index (χ2n) is 4.07. The minimum atomic E-state index is 0.291. The normalized spacial score (nSPS) is 12.1. The topological polar surface area (TPSA) is 47.3 Å². The fraction of sp³-hybridized carbons (Fsp3) is 0.286. The van der Waals surface area contributed by atoms with E-state index in [9.17, 15) is 0 Å². The van der Waals surface area contributed by atoms with E-state index in [1.165, 1.54) is 4.88 Å². The van der Waals surface area contributed by atoms with Gasteiger partial charge in [0.2, 0.25) is 0 Å². The zero-order valence-corrected chi connectivity index (χ0v) is 11.5. The first-order chi connectivity index (χ1) is 8.74. The van der Waals surface area contributed by atoms with Crippen LogP contribution in [0.2, 0.25) is 0 Å². The van der Waals surface area contributed by atoms with Crippen LogP contribution < -0.4 is 15.8 Å². The summed E-state index contributed by atoms with van der Waals surface area (Å²) in [4.78, 5) is 1.32. The van der Waals surface area contributed by atoms with Gasteiger partial charge in [-0.3, -0.25) is 0 Å². The number of rotatable bonds is 5. The number of anilines is 2. The Labute approximate surface area is 112 Å². The molecule has 0 saturated heterocycles. The van der Waals surface area contributed by atoms with Gasteiger partial charge in [0.05, 0.1) is 24.5 Å². The number of nitrogens with one attached hydrogen (secondary N) is 1. The molecule has 1 heterocycles. The lowest BCUT2D eigenvalue weighted by atomic mass is 10.1. The molecule has 3 N–H and O–H groups in total. The van der Waals surface area contributed by atoms with Gasteiger partial charge >= 0.3 is 0 Å². The lowest BCUT2D eigenvalue weighted by molar-refractivity contribution is 0.415. The van der Waals surface area contributed by atoms with Crippen molar-refractivity contribution < 1.29 is 4.74 Å². The molecule has 2 aromatic rings. The van der Waals surface area contributed by atoms with E-state index in [1.807, 2.05) is 18.2 Å². The van der Waals surface area contributed by atoms with E-state index >= 15 is 0 Å². The second kappa shape index (κ2) is 5.78. The monoisotopic (exact) mass is 262 g/mol.